The molecule has 20 heavy (non-hydrogen) atoms. The Morgan fingerprint density at radius 1 is 1.00 bits per heavy atom. The summed E-state index contributed by atoms with van der Waals surface area (Å²) in [5, 5.41) is 6.15. The van der Waals surface area contributed by atoms with Crippen LogP contribution in [0.25, 0.3) is 10.8 Å². The molecule has 2 aromatic rings. The van der Waals surface area contributed by atoms with Crippen molar-refractivity contribution in [2.24, 2.45) is 0 Å². The quantitative estimate of drug-likeness (QED) is 0.909. The molecule has 1 fully saturated rings. The Morgan fingerprint density at radius 2 is 1.80 bits per heavy atom. The van der Waals surface area contributed by atoms with Gasteiger partial charge in [0.1, 0.15) is 0 Å². The van der Waals surface area contributed by atoms with Crippen LogP contribution in [0.2, 0.25) is 0 Å². The number of fused-ring (bicyclic) bond motifs is 1. The topological polar surface area (TPSA) is 15.3 Å². The van der Waals surface area contributed by atoms with Gasteiger partial charge in [0, 0.05) is 19.1 Å². The lowest BCUT2D eigenvalue weighted by atomic mass is 10.0. The van der Waals surface area contributed by atoms with E-state index in [1.165, 1.54) is 29.3 Å². The largest absolute Gasteiger partial charge is 0.315 e. The third kappa shape index (κ3) is 3.32. The first-order valence-corrected chi connectivity index (χ1v) is 7.28. The second-order valence-corrected chi connectivity index (χ2v) is 5.42. The molecule has 2 aromatic carbocycles. The lowest BCUT2D eigenvalue weighted by Crippen LogP contribution is -2.30. The highest BCUT2D eigenvalue weighted by Gasteiger charge is 2.17. The molecular formula is C17H23ClN2. The average molecular weight is 291 g/mol. The summed E-state index contributed by atoms with van der Waals surface area (Å²) in [5.74, 6) is 0. The van der Waals surface area contributed by atoms with Gasteiger partial charge in [0.05, 0.1) is 0 Å². The van der Waals surface area contributed by atoms with E-state index in [0.29, 0.717) is 6.04 Å². The molecule has 2 nitrogen and oxygen atoms in total. The van der Waals surface area contributed by atoms with Crippen LogP contribution >= 0.6 is 12.4 Å². The van der Waals surface area contributed by atoms with Crippen LogP contribution in [-0.4, -0.2) is 31.1 Å². The van der Waals surface area contributed by atoms with Crippen molar-refractivity contribution in [1.82, 2.24) is 10.2 Å². The lowest BCUT2D eigenvalue weighted by Gasteiger charge is -2.27. The summed E-state index contributed by atoms with van der Waals surface area (Å²) in [7, 11) is 0. The Hall–Kier alpha value is -1.09. The van der Waals surface area contributed by atoms with E-state index < -0.39 is 0 Å². The van der Waals surface area contributed by atoms with Crippen LogP contribution in [0.1, 0.15) is 24.9 Å². The zero-order valence-corrected chi connectivity index (χ0v) is 12.8. The summed E-state index contributed by atoms with van der Waals surface area (Å²) in [6, 6.07) is 16.0. The smallest absolute Gasteiger partial charge is 0.0320 e. The molecule has 108 valence electrons. The molecule has 3 rings (SSSR count). The molecule has 0 aliphatic carbocycles. The van der Waals surface area contributed by atoms with Gasteiger partial charge in [0.25, 0.3) is 0 Å². The highest BCUT2D eigenvalue weighted by atomic mass is 35.5. The van der Waals surface area contributed by atoms with Crippen molar-refractivity contribution in [2.45, 2.75) is 19.4 Å². The molecule has 1 aliphatic heterocycles. The Kier molecular flexibility index (Phi) is 5.41. The van der Waals surface area contributed by atoms with E-state index in [-0.39, 0.29) is 12.4 Å². The molecule has 1 heterocycles. The summed E-state index contributed by atoms with van der Waals surface area (Å²) >= 11 is 0. The SMILES string of the molecule is CC(c1ccc2ccccc2c1)N1CCCNCC1.Cl. The van der Waals surface area contributed by atoms with Gasteiger partial charge in [-0.05, 0) is 48.8 Å². The molecule has 0 spiro atoms. The van der Waals surface area contributed by atoms with Crippen LogP contribution in [0.15, 0.2) is 42.5 Å². The van der Waals surface area contributed by atoms with E-state index in [0.717, 1.165) is 19.6 Å². The number of hydrogen-bond donors (Lipinski definition) is 1. The standard InChI is InChI=1S/C17H22N2.ClH/c1-14(19-11-4-9-18-10-12-19)16-8-7-15-5-2-3-6-17(15)13-16;/h2-3,5-8,13-14,18H,4,9-12H2,1H3;1H. The fourth-order valence-corrected chi connectivity index (χ4v) is 2.93. The fraction of sp³-hybridized carbons (Fsp3) is 0.412. The van der Waals surface area contributed by atoms with Crippen molar-refractivity contribution < 1.29 is 0 Å². The highest BCUT2D eigenvalue weighted by Crippen LogP contribution is 2.24. The minimum absolute atomic E-state index is 0. The zero-order valence-electron chi connectivity index (χ0n) is 12.0. The molecule has 1 saturated heterocycles. The van der Waals surface area contributed by atoms with Gasteiger partial charge in [-0.25, -0.2) is 0 Å². The molecule has 0 saturated carbocycles. The minimum Gasteiger partial charge on any atom is -0.315 e. The Balaban J connectivity index is 0.00000147. The van der Waals surface area contributed by atoms with Crippen LogP contribution in [-0.2, 0) is 0 Å². The van der Waals surface area contributed by atoms with E-state index in [1.807, 2.05) is 0 Å². The molecular weight excluding hydrogens is 268 g/mol. The third-order valence-corrected chi connectivity index (χ3v) is 4.18. The predicted octanol–water partition coefficient (Wildman–Crippen LogP) is 3.62. The molecule has 1 unspecified atom stereocenters. The van der Waals surface area contributed by atoms with Gasteiger partial charge < -0.3 is 5.32 Å². The van der Waals surface area contributed by atoms with Crippen LogP contribution in [0, 0.1) is 0 Å². The number of rotatable bonds is 2. The molecule has 0 amide bonds. The van der Waals surface area contributed by atoms with Gasteiger partial charge in [0.15, 0.2) is 0 Å². The predicted molar refractivity (Wildman–Crippen MR) is 88.7 cm³/mol. The molecule has 0 radical (unpaired) electrons. The normalized spacial score (nSPS) is 18.2. The first-order valence-electron chi connectivity index (χ1n) is 7.28. The van der Waals surface area contributed by atoms with Gasteiger partial charge in [-0.3, -0.25) is 4.90 Å². The lowest BCUT2D eigenvalue weighted by molar-refractivity contribution is 0.225. The van der Waals surface area contributed by atoms with Gasteiger partial charge in [-0.15, -0.1) is 12.4 Å². The van der Waals surface area contributed by atoms with Gasteiger partial charge in [-0.1, -0.05) is 36.4 Å². The van der Waals surface area contributed by atoms with Crippen molar-refractivity contribution in [2.75, 3.05) is 26.2 Å². The summed E-state index contributed by atoms with van der Waals surface area (Å²) in [6.07, 6.45) is 1.25. The zero-order chi connectivity index (χ0) is 13.1. The molecule has 1 N–H and O–H groups in total. The summed E-state index contributed by atoms with van der Waals surface area (Å²) in [5.41, 5.74) is 1.43. The van der Waals surface area contributed by atoms with E-state index >= 15 is 0 Å². The van der Waals surface area contributed by atoms with Crippen LogP contribution < -0.4 is 5.32 Å². The number of benzene rings is 2. The number of halogens is 1. The first kappa shape index (κ1) is 15.3. The van der Waals surface area contributed by atoms with Crippen molar-refractivity contribution >= 4 is 23.2 Å². The number of hydrogen-bond acceptors (Lipinski definition) is 2. The van der Waals surface area contributed by atoms with Crippen molar-refractivity contribution in [3.05, 3.63) is 48.0 Å². The average Bonchev–Trinajstić information content (AvgIpc) is 2.75. The molecule has 0 aromatic heterocycles. The Morgan fingerprint density at radius 3 is 2.65 bits per heavy atom. The van der Waals surface area contributed by atoms with Gasteiger partial charge >= 0.3 is 0 Å². The second-order valence-electron chi connectivity index (χ2n) is 5.42. The molecule has 1 aliphatic rings. The van der Waals surface area contributed by atoms with Crippen LogP contribution in [0.5, 0.6) is 0 Å². The first-order chi connectivity index (χ1) is 9.34. The van der Waals surface area contributed by atoms with E-state index in [9.17, 15) is 0 Å². The maximum Gasteiger partial charge on any atom is 0.0320 e. The minimum atomic E-state index is 0. The maximum atomic E-state index is 3.47. The van der Waals surface area contributed by atoms with Crippen LogP contribution in [0.3, 0.4) is 0 Å². The van der Waals surface area contributed by atoms with Crippen molar-refractivity contribution in [3.63, 3.8) is 0 Å². The highest BCUT2D eigenvalue weighted by molar-refractivity contribution is 5.85. The summed E-state index contributed by atoms with van der Waals surface area (Å²) in [6.45, 7) is 6.93. The monoisotopic (exact) mass is 290 g/mol. The van der Waals surface area contributed by atoms with Crippen LogP contribution in [0.4, 0.5) is 0 Å². The van der Waals surface area contributed by atoms with Crippen molar-refractivity contribution in [1.29, 1.82) is 0 Å². The van der Waals surface area contributed by atoms with E-state index in [4.69, 9.17) is 0 Å². The summed E-state index contributed by atoms with van der Waals surface area (Å²) < 4.78 is 0. The number of nitrogens with zero attached hydrogens (tertiary/aromatic N) is 1. The molecule has 0 bridgehead atoms. The Bertz CT molecular complexity index is 547. The third-order valence-electron chi connectivity index (χ3n) is 4.18. The van der Waals surface area contributed by atoms with Gasteiger partial charge in [0.2, 0.25) is 0 Å². The van der Waals surface area contributed by atoms with Gasteiger partial charge in [-0.2, -0.15) is 0 Å². The van der Waals surface area contributed by atoms with E-state index in [1.54, 1.807) is 0 Å². The Labute approximate surface area is 127 Å². The second kappa shape index (κ2) is 7.07. The molecule has 3 heteroatoms. The fourth-order valence-electron chi connectivity index (χ4n) is 2.93. The molecule has 1 atom stereocenters. The summed E-state index contributed by atoms with van der Waals surface area (Å²) in [4.78, 5) is 2.59. The maximum absolute atomic E-state index is 3.47. The van der Waals surface area contributed by atoms with E-state index in [2.05, 4.69) is 59.6 Å². The number of nitrogens with one attached hydrogen (secondary N) is 1. The van der Waals surface area contributed by atoms with Crippen molar-refractivity contribution in [3.8, 4) is 0 Å².